The Labute approximate surface area is 144 Å². The molecule has 1 N–H and O–H groups in total. The summed E-state index contributed by atoms with van der Waals surface area (Å²) in [7, 11) is 1.94. The van der Waals surface area contributed by atoms with Gasteiger partial charge in [-0.2, -0.15) is 5.10 Å². The van der Waals surface area contributed by atoms with Crippen molar-refractivity contribution < 1.29 is 9.53 Å². The van der Waals surface area contributed by atoms with Crippen LogP contribution in [0.1, 0.15) is 41.2 Å². The number of aryl methyl sites for hydroxylation is 2. The van der Waals surface area contributed by atoms with E-state index in [1.165, 1.54) is 5.56 Å². The molecule has 2 aromatic rings. The summed E-state index contributed by atoms with van der Waals surface area (Å²) in [6, 6.07) is 7.32. The molecular formula is C19H27N3O2. The van der Waals surface area contributed by atoms with Gasteiger partial charge in [0.05, 0.1) is 12.3 Å². The van der Waals surface area contributed by atoms with Gasteiger partial charge in [0.25, 0.3) is 5.91 Å². The molecule has 5 nitrogen and oxygen atoms in total. The van der Waals surface area contributed by atoms with E-state index in [-0.39, 0.29) is 5.91 Å². The Morgan fingerprint density at radius 2 is 2.08 bits per heavy atom. The van der Waals surface area contributed by atoms with Crippen LogP contribution in [0.2, 0.25) is 0 Å². The van der Waals surface area contributed by atoms with Gasteiger partial charge in [0, 0.05) is 24.8 Å². The number of benzene rings is 1. The summed E-state index contributed by atoms with van der Waals surface area (Å²) in [6.45, 7) is 9.47. The largest absolute Gasteiger partial charge is 0.493 e. The molecule has 0 saturated carbocycles. The van der Waals surface area contributed by atoms with Crippen LogP contribution in [0.4, 0.5) is 0 Å². The lowest BCUT2D eigenvalue weighted by molar-refractivity contribution is 0.0953. The highest BCUT2D eigenvalue weighted by molar-refractivity contribution is 5.94. The summed E-state index contributed by atoms with van der Waals surface area (Å²) < 4.78 is 7.55. The first-order valence-corrected chi connectivity index (χ1v) is 8.38. The second-order valence-electron chi connectivity index (χ2n) is 6.51. The fraction of sp³-hybridized carbons (Fsp3) is 0.474. The Hall–Kier alpha value is -2.30. The Morgan fingerprint density at radius 1 is 1.33 bits per heavy atom. The summed E-state index contributed by atoms with van der Waals surface area (Å²) in [6.07, 6.45) is 0.779. The van der Waals surface area contributed by atoms with Crippen LogP contribution in [0.25, 0.3) is 0 Å². The van der Waals surface area contributed by atoms with Gasteiger partial charge in [-0.15, -0.1) is 0 Å². The third-order valence-corrected chi connectivity index (χ3v) is 4.00. The van der Waals surface area contributed by atoms with Gasteiger partial charge in [-0.1, -0.05) is 19.9 Å². The minimum atomic E-state index is -0.0795. The van der Waals surface area contributed by atoms with Gasteiger partial charge in [0.15, 0.2) is 0 Å². The molecule has 1 aromatic heterocycles. The number of rotatable bonds is 7. The maximum Gasteiger partial charge on any atom is 0.251 e. The molecule has 0 aliphatic carbocycles. The molecular weight excluding hydrogens is 302 g/mol. The van der Waals surface area contributed by atoms with E-state index >= 15 is 0 Å². The van der Waals surface area contributed by atoms with Crippen LogP contribution in [0.3, 0.4) is 0 Å². The van der Waals surface area contributed by atoms with Gasteiger partial charge in [0.1, 0.15) is 5.75 Å². The minimum absolute atomic E-state index is 0.0795. The average molecular weight is 329 g/mol. The van der Waals surface area contributed by atoms with Crippen molar-refractivity contribution >= 4 is 5.91 Å². The summed E-state index contributed by atoms with van der Waals surface area (Å²) in [5, 5.41) is 7.37. The van der Waals surface area contributed by atoms with Crippen molar-refractivity contribution in [3.05, 3.63) is 46.8 Å². The van der Waals surface area contributed by atoms with Crippen molar-refractivity contribution in [2.75, 3.05) is 13.2 Å². The number of amides is 1. The molecule has 24 heavy (non-hydrogen) atoms. The van der Waals surface area contributed by atoms with E-state index in [4.69, 9.17) is 4.74 Å². The molecule has 0 aliphatic rings. The Kier molecular flexibility index (Phi) is 6.01. The molecule has 1 amide bonds. The molecule has 0 saturated heterocycles. The fourth-order valence-corrected chi connectivity index (χ4v) is 2.57. The standard InChI is InChI=1S/C19H27N3O2/c1-13(2)12-24-17-8-6-7-16(11-17)19(23)20-10-9-18-14(3)21-22(5)15(18)4/h6-8,11,13H,9-10,12H2,1-5H3,(H,20,23). The Morgan fingerprint density at radius 3 is 2.71 bits per heavy atom. The highest BCUT2D eigenvalue weighted by Gasteiger charge is 2.11. The van der Waals surface area contributed by atoms with Gasteiger partial charge >= 0.3 is 0 Å². The quantitative estimate of drug-likeness (QED) is 0.849. The van der Waals surface area contributed by atoms with Crippen molar-refractivity contribution in [2.24, 2.45) is 13.0 Å². The van der Waals surface area contributed by atoms with E-state index in [0.717, 1.165) is 23.6 Å². The van der Waals surface area contributed by atoms with Crippen LogP contribution in [0.5, 0.6) is 5.75 Å². The van der Waals surface area contributed by atoms with E-state index < -0.39 is 0 Å². The number of ether oxygens (including phenoxy) is 1. The number of aromatic nitrogens is 2. The molecule has 2 rings (SSSR count). The van der Waals surface area contributed by atoms with Crippen LogP contribution < -0.4 is 10.1 Å². The van der Waals surface area contributed by atoms with Gasteiger partial charge in [-0.25, -0.2) is 0 Å². The zero-order valence-corrected chi connectivity index (χ0v) is 15.2. The van der Waals surface area contributed by atoms with E-state index in [1.54, 1.807) is 12.1 Å². The van der Waals surface area contributed by atoms with Crippen molar-refractivity contribution in [1.82, 2.24) is 15.1 Å². The highest BCUT2D eigenvalue weighted by atomic mass is 16.5. The van der Waals surface area contributed by atoms with Crippen LogP contribution in [0.15, 0.2) is 24.3 Å². The fourth-order valence-electron chi connectivity index (χ4n) is 2.57. The van der Waals surface area contributed by atoms with Crippen molar-refractivity contribution in [3.8, 4) is 5.75 Å². The van der Waals surface area contributed by atoms with Gasteiger partial charge in [-0.3, -0.25) is 9.48 Å². The first-order chi connectivity index (χ1) is 11.4. The predicted octanol–water partition coefficient (Wildman–Crippen LogP) is 3.04. The van der Waals surface area contributed by atoms with Crippen LogP contribution in [-0.2, 0) is 13.5 Å². The molecule has 1 heterocycles. The summed E-state index contributed by atoms with van der Waals surface area (Å²) in [4.78, 5) is 12.3. The molecule has 130 valence electrons. The second kappa shape index (κ2) is 7.99. The normalized spacial score (nSPS) is 10.9. The number of hydrogen-bond acceptors (Lipinski definition) is 3. The Bertz CT molecular complexity index is 705. The van der Waals surface area contributed by atoms with E-state index in [1.807, 2.05) is 37.7 Å². The zero-order valence-electron chi connectivity index (χ0n) is 15.2. The van der Waals surface area contributed by atoms with E-state index in [0.29, 0.717) is 24.6 Å². The number of carbonyl (C=O) groups is 1. The van der Waals surface area contributed by atoms with E-state index in [2.05, 4.69) is 24.3 Å². The van der Waals surface area contributed by atoms with Gasteiger partial charge < -0.3 is 10.1 Å². The average Bonchev–Trinajstić information content (AvgIpc) is 2.79. The maximum absolute atomic E-state index is 12.3. The van der Waals surface area contributed by atoms with E-state index in [9.17, 15) is 4.79 Å². The molecule has 0 spiro atoms. The first kappa shape index (κ1) is 18.0. The van der Waals surface area contributed by atoms with Gasteiger partial charge in [-0.05, 0) is 49.9 Å². The lowest BCUT2D eigenvalue weighted by atomic mass is 10.1. The smallest absolute Gasteiger partial charge is 0.251 e. The number of nitrogens with one attached hydrogen (secondary N) is 1. The molecule has 0 fully saturated rings. The molecule has 5 heteroatoms. The molecule has 0 atom stereocenters. The number of carbonyl (C=O) groups excluding carboxylic acids is 1. The van der Waals surface area contributed by atoms with Crippen LogP contribution in [-0.4, -0.2) is 28.8 Å². The van der Waals surface area contributed by atoms with Crippen molar-refractivity contribution in [1.29, 1.82) is 0 Å². The molecule has 0 aliphatic heterocycles. The second-order valence-corrected chi connectivity index (χ2v) is 6.51. The van der Waals surface area contributed by atoms with Crippen LogP contribution in [0, 0.1) is 19.8 Å². The SMILES string of the molecule is Cc1nn(C)c(C)c1CCNC(=O)c1cccc(OCC(C)C)c1. The minimum Gasteiger partial charge on any atom is -0.493 e. The summed E-state index contributed by atoms with van der Waals surface area (Å²) in [5.41, 5.74) is 3.99. The molecule has 0 bridgehead atoms. The van der Waals surface area contributed by atoms with Crippen molar-refractivity contribution in [3.63, 3.8) is 0 Å². The topological polar surface area (TPSA) is 56.2 Å². The summed E-state index contributed by atoms with van der Waals surface area (Å²) in [5.74, 6) is 1.10. The zero-order chi connectivity index (χ0) is 17.7. The molecule has 0 unspecified atom stereocenters. The maximum atomic E-state index is 12.3. The lowest BCUT2D eigenvalue weighted by Crippen LogP contribution is -2.26. The van der Waals surface area contributed by atoms with Crippen LogP contribution >= 0.6 is 0 Å². The third-order valence-electron chi connectivity index (χ3n) is 4.00. The highest BCUT2D eigenvalue weighted by Crippen LogP contribution is 2.15. The Balaban J connectivity index is 1.91. The number of nitrogens with zero attached hydrogens (tertiary/aromatic N) is 2. The molecule has 1 aromatic carbocycles. The number of hydrogen-bond donors (Lipinski definition) is 1. The molecule has 0 radical (unpaired) electrons. The third kappa shape index (κ3) is 4.60. The van der Waals surface area contributed by atoms with Gasteiger partial charge in [0.2, 0.25) is 0 Å². The monoisotopic (exact) mass is 329 g/mol. The first-order valence-electron chi connectivity index (χ1n) is 8.38. The summed E-state index contributed by atoms with van der Waals surface area (Å²) >= 11 is 0. The van der Waals surface area contributed by atoms with Crippen molar-refractivity contribution in [2.45, 2.75) is 34.1 Å². The predicted molar refractivity (Wildman–Crippen MR) is 95.5 cm³/mol. The lowest BCUT2D eigenvalue weighted by Gasteiger charge is -2.10.